The number of para-hydroxylation sites is 4. The Bertz CT molecular complexity index is 2060. The van der Waals surface area contributed by atoms with Gasteiger partial charge in [-0.25, -0.2) is 0 Å². The van der Waals surface area contributed by atoms with Crippen LogP contribution in [-0.2, 0) is 0 Å². The minimum Gasteiger partial charge on any atom is -0.398 e. The highest BCUT2D eigenvalue weighted by molar-refractivity contribution is 6.32. The fourth-order valence-electron chi connectivity index (χ4n) is 6.85. The molecular weight excluding hydrogens is 536 g/mol. The Kier molecular flexibility index (Phi) is 5.71. The van der Waals surface area contributed by atoms with Crippen molar-refractivity contribution in [3.8, 4) is 44.5 Å². The largest absolute Gasteiger partial charge is 0.398 e. The summed E-state index contributed by atoms with van der Waals surface area (Å²) in [4.78, 5) is 0. The zero-order chi connectivity index (χ0) is 29.9. The Hall–Kier alpha value is -6.00. The zero-order valence-electron chi connectivity index (χ0n) is 24.0. The second kappa shape index (κ2) is 9.79. The van der Waals surface area contributed by atoms with E-state index in [1.165, 1.54) is 0 Å². The van der Waals surface area contributed by atoms with Crippen LogP contribution in [0.25, 0.3) is 76.8 Å². The molecule has 8 N–H and O–H groups in total. The van der Waals surface area contributed by atoms with Crippen molar-refractivity contribution in [1.29, 1.82) is 0 Å². The quantitative estimate of drug-likeness (QED) is 0.126. The predicted molar refractivity (Wildman–Crippen MR) is 190 cm³/mol. The van der Waals surface area contributed by atoms with E-state index in [4.69, 9.17) is 22.9 Å². The number of nitrogen functional groups attached to an aromatic ring is 4. The maximum atomic E-state index is 6.62. The third kappa shape index (κ3) is 3.78. The lowest BCUT2D eigenvalue weighted by atomic mass is 9.81. The van der Waals surface area contributed by atoms with Gasteiger partial charge in [-0.3, -0.25) is 0 Å². The number of hydrogen-bond acceptors (Lipinski definition) is 4. The molecular formula is C40H30N4. The van der Waals surface area contributed by atoms with E-state index >= 15 is 0 Å². The van der Waals surface area contributed by atoms with Crippen molar-refractivity contribution in [3.63, 3.8) is 0 Å². The van der Waals surface area contributed by atoms with Gasteiger partial charge in [0.1, 0.15) is 0 Å². The summed E-state index contributed by atoms with van der Waals surface area (Å²) < 4.78 is 0. The van der Waals surface area contributed by atoms with Gasteiger partial charge in [-0.1, -0.05) is 97.1 Å². The molecule has 0 aliphatic rings. The van der Waals surface area contributed by atoms with Crippen molar-refractivity contribution >= 4 is 55.1 Å². The second-order valence-corrected chi connectivity index (χ2v) is 11.4. The van der Waals surface area contributed by atoms with Crippen LogP contribution < -0.4 is 22.9 Å². The molecule has 0 aliphatic carbocycles. The number of nitrogens with two attached hydrogens (primary N) is 4. The van der Waals surface area contributed by atoms with E-state index in [1.807, 2.05) is 72.8 Å². The van der Waals surface area contributed by atoms with Gasteiger partial charge >= 0.3 is 0 Å². The van der Waals surface area contributed by atoms with E-state index in [0.717, 1.165) is 99.6 Å². The Morgan fingerprint density at radius 3 is 0.705 bits per heavy atom. The number of rotatable bonds is 4. The second-order valence-electron chi connectivity index (χ2n) is 11.4. The normalized spacial score (nSPS) is 11.5. The molecule has 44 heavy (non-hydrogen) atoms. The molecule has 0 aromatic heterocycles. The van der Waals surface area contributed by atoms with E-state index in [9.17, 15) is 0 Å². The number of hydrogen-bond donors (Lipinski definition) is 4. The number of benzene rings is 8. The van der Waals surface area contributed by atoms with Crippen molar-refractivity contribution in [2.75, 3.05) is 22.9 Å². The van der Waals surface area contributed by atoms with Crippen molar-refractivity contribution in [2.45, 2.75) is 0 Å². The summed E-state index contributed by atoms with van der Waals surface area (Å²) in [7, 11) is 0. The summed E-state index contributed by atoms with van der Waals surface area (Å²) in [5.74, 6) is 0. The Balaban J connectivity index is 1.62. The molecule has 0 aliphatic heterocycles. The summed E-state index contributed by atoms with van der Waals surface area (Å²) >= 11 is 0. The fourth-order valence-corrected chi connectivity index (χ4v) is 6.85. The maximum absolute atomic E-state index is 6.62. The lowest BCUT2D eigenvalue weighted by molar-refractivity contribution is 1.61. The molecule has 8 aromatic carbocycles. The van der Waals surface area contributed by atoms with Gasteiger partial charge in [0.05, 0.1) is 0 Å². The first kappa shape index (κ1) is 25.7. The van der Waals surface area contributed by atoms with Crippen LogP contribution in [0.2, 0.25) is 0 Å². The molecule has 0 atom stereocenters. The van der Waals surface area contributed by atoms with Crippen molar-refractivity contribution in [2.24, 2.45) is 0 Å². The molecule has 0 spiro atoms. The predicted octanol–water partition coefficient (Wildman–Crippen LogP) is 9.58. The fraction of sp³-hybridized carbons (Fsp3) is 0. The average molecular weight is 567 g/mol. The van der Waals surface area contributed by atoms with Gasteiger partial charge in [0.2, 0.25) is 0 Å². The van der Waals surface area contributed by atoms with E-state index in [2.05, 4.69) is 60.7 Å². The van der Waals surface area contributed by atoms with Crippen molar-refractivity contribution in [1.82, 2.24) is 0 Å². The molecule has 8 aromatic rings. The molecule has 0 amide bonds. The summed E-state index contributed by atoms with van der Waals surface area (Å²) in [5, 5.41) is 6.81. The SMILES string of the molecule is Nc1ccccc1-c1cc(-c2ccccc2N)c2ccc3c(-c4ccccc4N)cc(-c4ccccc4N)c4ccc1c2c43. The monoisotopic (exact) mass is 566 g/mol. The van der Waals surface area contributed by atoms with Gasteiger partial charge in [0.25, 0.3) is 0 Å². The lowest BCUT2D eigenvalue weighted by Gasteiger charge is -2.22. The molecule has 0 heterocycles. The van der Waals surface area contributed by atoms with Crippen LogP contribution in [0.1, 0.15) is 0 Å². The summed E-state index contributed by atoms with van der Waals surface area (Å²) in [6.45, 7) is 0. The lowest BCUT2D eigenvalue weighted by Crippen LogP contribution is -1.98. The standard InChI is InChI=1S/C40H30N4/c41-35-13-5-1-9-23(35)31-21-32(24-10-2-6-14-36(24)42)28-19-20-30-34(26-12-4-8-16-38(26)44)22-33(25-11-3-7-15-37(25)43)29-18-17-27(31)39(28)40(29)30/h1-22H,41-44H2. The third-order valence-electron chi connectivity index (χ3n) is 8.90. The topological polar surface area (TPSA) is 104 Å². The Labute approximate surface area is 255 Å². The Morgan fingerprint density at radius 1 is 0.250 bits per heavy atom. The van der Waals surface area contributed by atoms with Gasteiger partial charge in [-0.05, 0) is 91.0 Å². The van der Waals surface area contributed by atoms with Crippen LogP contribution >= 0.6 is 0 Å². The van der Waals surface area contributed by atoms with E-state index in [1.54, 1.807) is 0 Å². The van der Waals surface area contributed by atoms with Gasteiger partial charge in [-0.2, -0.15) is 0 Å². The highest BCUT2D eigenvalue weighted by atomic mass is 14.6. The third-order valence-corrected chi connectivity index (χ3v) is 8.90. The minimum atomic E-state index is 0.727. The van der Waals surface area contributed by atoms with Crippen molar-refractivity contribution in [3.05, 3.63) is 133 Å². The molecule has 0 radical (unpaired) electrons. The molecule has 4 heteroatoms. The maximum Gasteiger partial charge on any atom is 0.0393 e. The number of anilines is 4. The molecule has 4 nitrogen and oxygen atoms in total. The highest BCUT2D eigenvalue weighted by Crippen LogP contribution is 2.50. The van der Waals surface area contributed by atoms with E-state index < -0.39 is 0 Å². The van der Waals surface area contributed by atoms with Gasteiger partial charge < -0.3 is 22.9 Å². The van der Waals surface area contributed by atoms with Gasteiger partial charge in [0, 0.05) is 45.0 Å². The first-order valence-corrected chi connectivity index (χ1v) is 14.7. The summed E-state index contributed by atoms with van der Waals surface area (Å²) in [6, 6.07) is 45.6. The average Bonchev–Trinajstić information content (AvgIpc) is 3.04. The first-order valence-electron chi connectivity index (χ1n) is 14.7. The summed E-state index contributed by atoms with van der Waals surface area (Å²) in [5.41, 5.74) is 37.6. The summed E-state index contributed by atoms with van der Waals surface area (Å²) in [6.07, 6.45) is 0. The molecule has 0 saturated heterocycles. The van der Waals surface area contributed by atoms with Crippen molar-refractivity contribution < 1.29 is 0 Å². The smallest absolute Gasteiger partial charge is 0.0393 e. The molecule has 0 bridgehead atoms. The Morgan fingerprint density at radius 2 is 0.477 bits per heavy atom. The van der Waals surface area contributed by atoms with Crippen LogP contribution in [0, 0.1) is 0 Å². The van der Waals surface area contributed by atoms with E-state index in [-0.39, 0.29) is 0 Å². The molecule has 0 fully saturated rings. The molecule has 0 unspecified atom stereocenters. The van der Waals surface area contributed by atoms with E-state index in [0.29, 0.717) is 0 Å². The molecule has 0 saturated carbocycles. The van der Waals surface area contributed by atoms with Gasteiger partial charge in [-0.15, -0.1) is 0 Å². The van der Waals surface area contributed by atoms with Gasteiger partial charge in [0.15, 0.2) is 0 Å². The minimum absolute atomic E-state index is 0.727. The molecule has 210 valence electrons. The highest BCUT2D eigenvalue weighted by Gasteiger charge is 2.22. The van der Waals surface area contributed by atoms with Crippen LogP contribution in [0.4, 0.5) is 22.7 Å². The van der Waals surface area contributed by atoms with Crippen LogP contribution in [0.5, 0.6) is 0 Å². The van der Waals surface area contributed by atoms with Crippen LogP contribution in [-0.4, -0.2) is 0 Å². The van der Waals surface area contributed by atoms with Crippen LogP contribution in [0.3, 0.4) is 0 Å². The van der Waals surface area contributed by atoms with Crippen LogP contribution in [0.15, 0.2) is 133 Å². The zero-order valence-corrected chi connectivity index (χ0v) is 24.0. The first-order chi connectivity index (χ1) is 21.5. The molecule has 8 rings (SSSR count).